The number of thiazole rings is 1. The molecule has 1 aromatic heterocycles. The van der Waals surface area contributed by atoms with Crippen molar-refractivity contribution >= 4 is 22.9 Å². The number of hydrogen-bond acceptors (Lipinski definition) is 5. The SMILES string of the molecule is COc1ccc(OC)c(C(=O)Nc2ccccc2-c2csc(-c3ccccc3F)n2)c1. The highest BCUT2D eigenvalue weighted by Gasteiger charge is 2.17. The molecule has 0 fully saturated rings. The van der Waals surface area contributed by atoms with Crippen molar-refractivity contribution in [2.45, 2.75) is 0 Å². The normalized spacial score (nSPS) is 10.5. The van der Waals surface area contributed by atoms with Crippen molar-refractivity contribution in [2.75, 3.05) is 19.5 Å². The standard InChI is InChI=1S/C24H19FN2O3S/c1-29-15-11-12-22(30-2)18(13-15)23(28)26-20-10-6-4-8-17(20)21-14-31-24(27-21)16-7-3-5-9-19(16)25/h3-14H,1-2H3,(H,26,28). The second kappa shape index (κ2) is 8.97. The number of ether oxygens (including phenoxy) is 2. The van der Waals surface area contributed by atoms with E-state index in [0.717, 1.165) is 5.56 Å². The lowest BCUT2D eigenvalue weighted by Crippen LogP contribution is -2.14. The van der Waals surface area contributed by atoms with Crippen LogP contribution in [0.15, 0.2) is 72.1 Å². The Morgan fingerprint density at radius 1 is 0.968 bits per heavy atom. The Bertz CT molecular complexity index is 1240. The van der Waals surface area contributed by atoms with Crippen molar-refractivity contribution in [1.82, 2.24) is 4.98 Å². The molecule has 0 spiro atoms. The molecule has 0 aliphatic carbocycles. The van der Waals surface area contributed by atoms with E-state index in [0.29, 0.717) is 39.0 Å². The van der Waals surface area contributed by atoms with E-state index in [1.807, 2.05) is 23.6 Å². The van der Waals surface area contributed by atoms with E-state index in [4.69, 9.17) is 9.47 Å². The highest BCUT2D eigenvalue weighted by Crippen LogP contribution is 2.34. The average Bonchev–Trinajstić information content (AvgIpc) is 3.29. The number of nitrogens with one attached hydrogen (secondary N) is 1. The van der Waals surface area contributed by atoms with Gasteiger partial charge in [-0.25, -0.2) is 9.37 Å². The van der Waals surface area contributed by atoms with E-state index in [2.05, 4.69) is 10.3 Å². The summed E-state index contributed by atoms with van der Waals surface area (Å²) in [7, 11) is 3.04. The van der Waals surface area contributed by atoms with Gasteiger partial charge in [-0.3, -0.25) is 4.79 Å². The molecule has 31 heavy (non-hydrogen) atoms. The predicted octanol–water partition coefficient (Wildman–Crippen LogP) is 5.89. The summed E-state index contributed by atoms with van der Waals surface area (Å²) in [5.74, 6) is 0.322. The molecule has 0 atom stereocenters. The van der Waals surface area contributed by atoms with Gasteiger partial charge < -0.3 is 14.8 Å². The van der Waals surface area contributed by atoms with Crippen LogP contribution in [0.2, 0.25) is 0 Å². The number of para-hydroxylation sites is 1. The van der Waals surface area contributed by atoms with Gasteiger partial charge in [-0.05, 0) is 36.4 Å². The maximum atomic E-state index is 14.1. The minimum Gasteiger partial charge on any atom is -0.497 e. The lowest BCUT2D eigenvalue weighted by atomic mass is 10.1. The van der Waals surface area contributed by atoms with Crippen LogP contribution in [0.1, 0.15) is 10.4 Å². The Morgan fingerprint density at radius 3 is 2.45 bits per heavy atom. The number of methoxy groups -OCH3 is 2. The number of rotatable bonds is 6. The summed E-state index contributed by atoms with van der Waals surface area (Å²) < 4.78 is 24.7. The molecule has 3 aromatic carbocycles. The van der Waals surface area contributed by atoms with Crippen LogP contribution in [0.25, 0.3) is 21.8 Å². The molecule has 156 valence electrons. The molecule has 7 heteroatoms. The number of anilines is 1. The van der Waals surface area contributed by atoms with E-state index in [1.54, 1.807) is 42.5 Å². The van der Waals surface area contributed by atoms with E-state index in [1.165, 1.54) is 31.6 Å². The number of carbonyl (C=O) groups excluding carboxylic acids is 1. The number of halogens is 1. The molecule has 1 amide bonds. The first-order valence-corrected chi connectivity index (χ1v) is 10.3. The number of carbonyl (C=O) groups is 1. The first-order valence-electron chi connectivity index (χ1n) is 9.44. The molecule has 0 aliphatic heterocycles. The quantitative estimate of drug-likeness (QED) is 0.411. The van der Waals surface area contributed by atoms with E-state index in [-0.39, 0.29) is 11.7 Å². The molecule has 4 aromatic rings. The second-order valence-corrected chi connectivity index (χ2v) is 7.44. The van der Waals surface area contributed by atoms with Crippen molar-refractivity contribution < 1.29 is 18.7 Å². The van der Waals surface area contributed by atoms with E-state index in [9.17, 15) is 9.18 Å². The summed E-state index contributed by atoms with van der Waals surface area (Å²) in [6, 6.07) is 18.9. The largest absolute Gasteiger partial charge is 0.497 e. The zero-order valence-electron chi connectivity index (χ0n) is 16.9. The molecule has 0 unspecified atom stereocenters. The summed E-state index contributed by atoms with van der Waals surface area (Å²) in [5, 5.41) is 5.35. The average molecular weight is 434 g/mol. The number of hydrogen-bond donors (Lipinski definition) is 1. The monoisotopic (exact) mass is 434 g/mol. The van der Waals surface area contributed by atoms with Crippen LogP contribution in [0.4, 0.5) is 10.1 Å². The van der Waals surface area contributed by atoms with Crippen molar-refractivity contribution in [3.63, 3.8) is 0 Å². The first-order chi connectivity index (χ1) is 15.1. The van der Waals surface area contributed by atoms with Crippen molar-refractivity contribution in [3.05, 3.63) is 83.5 Å². The molecule has 0 saturated heterocycles. The van der Waals surface area contributed by atoms with Gasteiger partial charge in [-0.1, -0.05) is 30.3 Å². The van der Waals surface area contributed by atoms with Crippen LogP contribution in [0, 0.1) is 5.82 Å². The molecule has 0 radical (unpaired) electrons. The second-order valence-electron chi connectivity index (χ2n) is 6.58. The van der Waals surface area contributed by atoms with E-state index < -0.39 is 0 Å². The van der Waals surface area contributed by atoms with Gasteiger partial charge in [0, 0.05) is 16.5 Å². The fourth-order valence-corrected chi connectivity index (χ4v) is 4.00. The summed E-state index contributed by atoms with van der Waals surface area (Å²) in [6.07, 6.45) is 0. The zero-order valence-corrected chi connectivity index (χ0v) is 17.7. The highest BCUT2D eigenvalue weighted by atomic mass is 32.1. The minimum atomic E-state index is -0.340. The van der Waals surface area contributed by atoms with Gasteiger partial charge in [0.1, 0.15) is 22.3 Å². The van der Waals surface area contributed by atoms with Crippen molar-refractivity contribution in [1.29, 1.82) is 0 Å². The van der Waals surface area contributed by atoms with Crippen LogP contribution in [-0.2, 0) is 0 Å². The van der Waals surface area contributed by atoms with Crippen LogP contribution in [0.3, 0.4) is 0 Å². The van der Waals surface area contributed by atoms with Gasteiger partial charge >= 0.3 is 0 Å². The van der Waals surface area contributed by atoms with Crippen molar-refractivity contribution in [2.24, 2.45) is 0 Å². The molecule has 5 nitrogen and oxygen atoms in total. The minimum absolute atomic E-state index is 0.324. The molecular weight excluding hydrogens is 415 g/mol. The van der Waals surface area contributed by atoms with Gasteiger partial charge in [-0.2, -0.15) is 0 Å². The molecule has 1 heterocycles. The summed E-state index contributed by atoms with van der Waals surface area (Å²) >= 11 is 1.35. The Labute approximate surface area is 183 Å². The number of aromatic nitrogens is 1. The Balaban J connectivity index is 1.66. The third kappa shape index (κ3) is 4.27. The summed E-state index contributed by atoms with van der Waals surface area (Å²) in [5.41, 5.74) is 2.76. The van der Waals surface area contributed by atoms with Crippen molar-refractivity contribution in [3.8, 4) is 33.3 Å². The predicted molar refractivity (Wildman–Crippen MR) is 120 cm³/mol. The lowest BCUT2D eigenvalue weighted by molar-refractivity contribution is 0.102. The zero-order chi connectivity index (χ0) is 21.8. The Hall–Kier alpha value is -3.71. The fraction of sp³-hybridized carbons (Fsp3) is 0.0833. The molecule has 0 bridgehead atoms. The molecular formula is C24H19FN2O3S. The Kier molecular flexibility index (Phi) is 5.95. The fourth-order valence-electron chi connectivity index (χ4n) is 3.15. The maximum Gasteiger partial charge on any atom is 0.259 e. The van der Waals surface area contributed by atoms with Crippen LogP contribution >= 0.6 is 11.3 Å². The van der Waals surface area contributed by atoms with Crippen LogP contribution < -0.4 is 14.8 Å². The number of nitrogens with zero attached hydrogens (tertiary/aromatic N) is 1. The van der Waals surface area contributed by atoms with Crippen LogP contribution in [0.5, 0.6) is 11.5 Å². The van der Waals surface area contributed by atoms with Gasteiger partial charge in [0.2, 0.25) is 0 Å². The summed E-state index contributed by atoms with van der Waals surface area (Å²) in [4.78, 5) is 17.6. The Morgan fingerprint density at radius 2 is 1.71 bits per heavy atom. The van der Waals surface area contributed by atoms with Gasteiger partial charge in [0.05, 0.1) is 31.2 Å². The maximum absolute atomic E-state index is 14.1. The van der Waals surface area contributed by atoms with Gasteiger partial charge in [0.15, 0.2) is 0 Å². The molecule has 4 rings (SSSR count). The third-order valence-electron chi connectivity index (χ3n) is 4.71. The van der Waals surface area contributed by atoms with E-state index >= 15 is 0 Å². The lowest BCUT2D eigenvalue weighted by Gasteiger charge is -2.13. The highest BCUT2D eigenvalue weighted by molar-refractivity contribution is 7.13. The molecule has 0 saturated carbocycles. The molecule has 0 aliphatic rings. The first kappa shape index (κ1) is 20.6. The van der Waals surface area contributed by atoms with Gasteiger partial charge in [-0.15, -0.1) is 11.3 Å². The molecule has 1 N–H and O–H groups in total. The van der Waals surface area contributed by atoms with Gasteiger partial charge in [0.25, 0.3) is 5.91 Å². The topological polar surface area (TPSA) is 60.5 Å². The smallest absolute Gasteiger partial charge is 0.259 e. The third-order valence-corrected chi connectivity index (χ3v) is 5.59. The van der Waals surface area contributed by atoms with Crippen LogP contribution in [-0.4, -0.2) is 25.1 Å². The number of benzene rings is 3. The number of amides is 1. The summed E-state index contributed by atoms with van der Waals surface area (Å²) in [6.45, 7) is 0.